The Morgan fingerprint density at radius 2 is 0.661 bits per heavy atom. The van der Waals surface area contributed by atoms with Crippen LogP contribution in [0, 0.1) is 0 Å². The lowest BCUT2D eigenvalue weighted by atomic mass is 10.1. The molecule has 0 aromatic heterocycles. The minimum absolute atomic E-state index is 0.0895. The number of unbranched alkanes of at least 4 members (excludes halogenated alkanes) is 24. The second-order valence-corrected chi connectivity index (χ2v) is 15.7. The zero-order valence-electron chi connectivity index (χ0n) is 36.9. The van der Waals surface area contributed by atoms with Crippen LogP contribution in [0.2, 0.25) is 0 Å². The molecule has 0 aliphatic heterocycles. The normalized spacial score (nSPS) is 12.4. The van der Waals surface area contributed by atoms with E-state index in [0.29, 0.717) is 19.3 Å². The van der Waals surface area contributed by atoms with Gasteiger partial charge < -0.3 is 14.2 Å². The maximum absolute atomic E-state index is 12.7. The first kappa shape index (κ1) is 53.4. The van der Waals surface area contributed by atoms with E-state index in [9.17, 15) is 14.4 Å². The molecule has 0 N–H and O–H groups in total. The van der Waals surface area contributed by atoms with Crippen molar-refractivity contribution in [3.8, 4) is 0 Å². The van der Waals surface area contributed by atoms with Crippen LogP contribution in [0.4, 0.5) is 0 Å². The largest absolute Gasteiger partial charge is 0.462 e. The summed E-state index contributed by atoms with van der Waals surface area (Å²) in [5.41, 5.74) is 0. The molecule has 6 nitrogen and oxygen atoms in total. The molecule has 0 bridgehead atoms. The second-order valence-electron chi connectivity index (χ2n) is 15.7. The summed E-state index contributed by atoms with van der Waals surface area (Å²) in [5, 5.41) is 0. The lowest BCUT2D eigenvalue weighted by molar-refractivity contribution is -0.167. The van der Waals surface area contributed by atoms with E-state index in [1.807, 2.05) is 0 Å². The summed E-state index contributed by atoms with van der Waals surface area (Å²) >= 11 is 0. The van der Waals surface area contributed by atoms with E-state index >= 15 is 0 Å². The molecule has 0 saturated carbocycles. The van der Waals surface area contributed by atoms with Gasteiger partial charge in [-0.25, -0.2) is 0 Å². The third-order valence-corrected chi connectivity index (χ3v) is 10.1. The summed E-state index contributed by atoms with van der Waals surface area (Å²) in [6.45, 7) is 6.51. The summed E-state index contributed by atoms with van der Waals surface area (Å²) in [5.74, 6) is -0.936. The fourth-order valence-electron chi connectivity index (χ4n) is 6.39. The molecule has 0 aliphatic rings. The number of allylic oxidation sites excluding steroid dienone is 8. The number of rotatable bonds is 42. The summed E-state index contributed by atoms with van der Waals surface area (Å²) in [6, 6.07) is 0. The molecular formula is C50H88O6. The quantitative estimate of drug-likeness (QED) is 0.0202. The molecule has 0 aromatic rings. The number of carbonyl (C=O) groups excluding carboxylic acids is 3. The second kappa shape index (κ2) is 45.1. The average Bonchev–Trinajstić information content (AvgIpc) is 3.19. The molecule has 0 saturated heterocycles. The summed E-state index contributed by atoms with van der Waals surface area (Å²) < 4.78 is 16.7. The van der Waals surface area contributed by atoms with Crippen LogP contribution in [-0.4, -0.2) is 37.2 Å². The Morgan fingerprint density at radius 3 is 1.07 bits per heavy atom. The van der Waals surface area contributed by atoms with Crippen molar-refractivity contribution in [2.45, 2.75) is 239 Å². The number of ether oxygens (including phenoxy) is 3. The number of esters is 3. The zero-order valence-corrected chi connectivity index (χ0v) is 36.9. The summed E-state index contributed by atoms with van der Waals surface area (Å²) in [7, 11) is 0. The van der Waals surface area contributed by atoms with Crippen molar-refractivity contribution in [3.63, 3.8) is 0 Å². The Hall–Kier alpha value is -2.63. The predicted octanol–water partition coefficient (Wildman–Crippen LogP) is 15.1. The number of carbonyl (C=O) groups is 3. The molecule has 0 heterocycles. The topological polar surface area (TPSA) is 78.9 Å². The van der Waals surface area contributed by atoms with Crippen molar-refractivity contribution in [3.05, 3.63) is 48.6 Å². The van der Waals surface area contributed by atoms with Gasteiger partial charge in [0, 0.05) is 19.3 Å². The van der Waals surface area contributed by atoms with Crippen molar-refractivity contribution in [2.75, 3.05) is 13.2 Å². The molecule has 324 valence electrons. The van der Waals surface area contributed by atoms with Crippen molar-refractivity contribution < 1.29 is 28.6 Å². The van der Waals surface area contributed by atoms with Crippen LogP contribution in [0.15, 0.2) is 48.6 Å². The molecule has 0 fully saturated rings. The molecule has 1 unspecified atom stereocenters. The summed E-state index contributed by atoms with van der Waals surface area (Å²) in [4.78, 5) is 37.7. The van der Waals surface area contributed by atoms with Crippen LogP contribution in [0.1, 0.15) is 233 Å². The Balaban J connectivity index is 4.41. The molecule has 0 rings (SSSR count). The highest BCUT2D eigenvalue weighted by molar-refractivity contribution is 5.71. The van der Waals surface area contributed by atoms with E-state index in [1.54, 1.807) is 0 Å². The van der Waals surface area contributed by atoms with Crippen molar-refractivity contribution in [1.82, 2.24) is 0 Å². The van der Waals surface area contributed by atoms with Crippen LogP contribution in [0.25, 0.3) is 0 Å². The molecule has 56 heavy (non-hydrogen) atoms. The Kier molecular flexibility index (Phi) is 43.0. The van der Waals surface area contributed by atoms with Gasteiger partial charge in [0.15, 0.2) is 6.10 Å². The molecule has 0 aliphatic carbocycles. The van der Waals surface area contributed by atoms with Crippen molar-refractivity contribution in [1.29, 1.82) is 0 Å². The summed E-state index contributed by atoms with van der Waals surface area (Å²) in [6.07, 6.45) is 52.4. The fourth-order valence-corrected chi connectivity index (χ4v) is 6.39. The molecule has 0 amide bonds. The van der Waals surface area contributed by atoms with Crippen LogP contribution in [-0.2, 0) is 28.6 Å². The van der Waals surface area contributed by atoms with Gasteiger partial charge in [-0.3, -0.25) is 14.4 Å². The van der Waals surface area contributed by atoms with E-state index in [0.717, 1.165) is 89.9 Å². The predicted molar refractivity (Wildman–Crippen MR) is 238 cm³/mol. The highest BCUT2D eigenvalue weighted by Gasteiger charge is 2.19. The van der Waals surface area contributed by atoms with Gasteiger partial charge in [-0.2, -0.15) is 0 Å². The Bertz CT molecular complexity index is 996. The Labute approximate surface area is 346 Å². The molecule has 6 heteroatoms. The van der Waals surface area contributed by atoms with E-state index < -0.39 is 6.10 Å². The molecule has 0 radical (unpaired) electrons. The van der Waals surface area contributed by atoms with Gasteiger partial charge >= 0.3 is 17.9 Å². The minimum Gasteiger partial charge on any atom is -0.462 e. The number of hydrogen-bond donors (Lipinski definition) is 0. The van der Waals surface area contributed by atoms with Gasteiger partial charge in [-0.1, -0.05) is 179 Å². The van der Waals surface area contributed by atoms with Crippen LogP contribution < -0.4 is 0 Å². The van der Waals surface area contributed by atoms with Crippen LogP contribution >= 0.6 is 0 Å². The zero-order chi connectivity index (χ0) is 40.8. The molecule has 0 spiro atoms. The fraction of sp³-hybridized carbons (Fsp3) is 0.780. The number of hydrogen-bond acceptors (Lipinski definition) is 6. The maximum atomic E-state index is 12.7. The third-order valence-electron chi connectivity index (χ3n) is 10.1. The monoisotopic (exact) mass is 785 g/mol. The van der Waals surface area contributed by atoms with E-state index in [1.165, 1.54) is 103 Å². The van der Waals surface area contributed by atoms with Gasteiger partial charge in [0.2, 0.25) is 0 Å². The first-order valence-corrected chi connectivity index (χ1v) is 23.7. The van der Waals surface area contributed by atoms with Crippen LogP contribution in [0.5, 0.6) is 0 Å². The standard InChI is InChI=1S/C50H88O6/c1-4-7-10-13-16-19-22-23-24-25-26-29-31-34-37-40-43-49(52)55-46-47(56-50(53)44-41-38-35-32-28-21-18-15-12-9-6-3)45-54-48(51)42-39-36-33-30-27-20-17-14-11-8-5-2/h14-15,17-18,24-26,29,47H,4-13,16,19-23,27-28,30-46H2,1-3H3/b17-14-,18-15-,25-24-,29-26-. The van der Waals surface area contributed by atoms with Crippen molar-refractivity contribution >= 4 is 17.9 Å². The first-order chi connectivity index (χ1) is 27.5. The van der Waals surface area contributed by atoms with E-state index in [2.05, 4.69) is 69.4 Å². The molecular weight excluding hydrogens is 697 g/mol. The average molecular weight is 785 g/mol. The maximum Gasteiger partial charge on any atom is 0.306 e. The third kappa shape index (κ3) is 42.5. The molecule has 1 atom stereocenters. The lowest BCUT2D eigenvalue weighted by Gasteiger charge is -2.18. The van der Waals surface area contributed by atoms with Gasteiger partial charge in [-0.15, -0.1) is 0 Å². The van der Waals surface area contributed by atoms with Gasteiger partial charge in [0.25, 0.3) is 0 Å². The van der Waals surface area contributed by atoms with Crippen LogP contribution in [0.3, 0.4) is 0 Å². The molecule has 0 aromatic carbocycles. The van der Waals surface area contributed by atoms with Gasteiger partial charge in [0.1, 0.15) is 13.2 Å². The van der Waals surface area contributed by atoms with E-state index in [4.69, 9.17) is 14.2 Å². The highest BCUT2D eigenvalue weighted by Crippen LogP contribution is 2.13. The Morgan fingerprint density at radius 1 is 0.357 bits per heavy atom. The van der Waals surface area contributed by atoms with Gasteiger partial charge in [-0.05, 0) is 83.5 Å². The first-order valence-electron chi connectivity index (χ1n) is 23.7. The minimum atomic E-state index is -0.788. The van der Waals surface area contributed by atoms with Gasteiger partial charge in [0.05, 0.1) is 0 Å². The smallest absolute Gasteiger partial charge is 0.306 e. The van der Waals surface area contributed by atoms with Crippen molar-refractivity contribution in [2.24, 2.45) is 0 Å². The lowest BCUT2D eigenvalue weighted by Crippen LogP contribution is -2.30. The SMILES string of the molecule is CCCC/C=C\CCCCCCCC(=O)OCC(COC(=O)CCCCC/C=C\C=C/CCCCCCCCC)OC(=O)CCCCCCC/C=C\CCCC. The van der Waals surface area contributed by atoms with E-state index in [-0.39, 0.29) is 31.1 Å². The highest BCUT2D eigenvalue weighted by atomic mass is 16.6.